The van der Waals surface area contributed by atoms with Crippen LogP contribution in [0.25, 0.3) is 11.0 Å². The molecule has 0 aliphatic heterocycles. The molecule has 3 aromatic rings. The Bertz CT molecular complexity index is 1020. The van der Waals surface area contributed by atoms with Crippen molar-refractivity contribution in [1.29, 1.82) is 5.26 Å². The van der Waals surface area contributed by atoms with Crippen LogP contribution < -0.4 is 15.7 Å². The molecule has 124 valence electrons. The van der Waals surface area contributed by atoms with E-state index in [2.05, 4.69) is 5.32 Å². The molecule has 1 atom stereocenters. The first kappa shape index (κ1) is 16.3. The van der Waals surface area contributed by atoms with Crippen molar-refractivity contribution in [3.63, 3.8) is 0 Å². The third kappa shape index (κ3) is 3.85. The fraction of sp³-hybridized carbons (Fsp3) is 0.105. The Morgan fingerprint density at radius 2 is 1.88 bits per heavy atom. The summed E-state index contributed by atoms with van der Waals surface area (Å²) in [6.45, 7) is 1.62. The number of carbonyl (C=O) groups is 1. The molecule has 0 spiro atoms. The Morgan fingerprint density at radius 1 is 1.16 bits per heavy atom. The van der Waals surface area contributed by atoms with E-state index in [0.29, 0.717) is 22.6 Å². The van der Waals surface area contributed by atoms with Crippen LogP contribution in [0.1, 0.15) is 12.5 Å². The minimum absolute atomic E-state index is 0.334. The number of ether oxygens (including phenoxy) is 1. The van der Waals surface area contributed by atoms with Crippen LogP contribution in [-0.4, -0.2) is 12.0 Å². The van der Waals surface area contributed by atoms with Gasteiger partial charge in [-0.15, -0.1) is 0 Å². The van der Waals surface area contributed by atoms with Gasteiger partial charge in [-0.25, -0.2) is 4.79 Å². The van der Waals surface area contributed by atoms with Gasteiger partial charge in [0.15, 0.2) is 6.10 Å². The highest BCUT2D eigenvalue weighted by atomic mass is 16.5. The number of rotatable bonds is 4. The van der Waals surface area contributed by atoms with Crippen LogP contribution >= 0.6 is 0 Å². The van der Waals surface area contributed by atoms with Crippen molar-refractivity contribution in [2.75, 3.05) is 5.32 Å². The molecule has 0 saturated carbocycles. The van der Waals surface area contributed by atoms with Gasteiger partial charge in [-0.1, -0.05) is 0 Å². The van der Waals surface area contributed by atoms with E-state index in [1.54, 1.807) is 55.5 Å². The minimum atomic E-state index is -0.761. The summed E-state index contributed by atoms with van der Waals surface area (Å²) in [6, 6.07) is 16.6. The molecule has 1 amide bonds. The Hall–Kier alpha value is -3.59. The molecule has 0 fully saturated rings. The maximum Gasteiger partial charge on any atom is 0.336 e. The maximum absolute atomic E-state index is 12.2. The van der Waals surface area contributed by atoms with Gasteiger partial charge in [-0.3, -0.25) is 4.79 Å². The second-order valence-corrected chi connectivity index (χ2v) is 5.39. The van der Waals surface area contributed by atoms with Gasteiger partial charge in [0.05, 0.1) is 11.6 Å². The van der Waals surface area contributed by atoms with E-state index in [9.17, 15) is 9.59 Å². The molecule has 25 heavy (non-hydrogen) atoms. The van der Waals surface area contributed by atoms with Gasteiger partial charge < -0.3 is 14.5 Å². The van der Waals surface area contributed by atoms with Crippen molar-refractivity contribution >= 4 is 22.6 Å². The van der Waals surface area contributed by atoms with Crippen LogP contribution in [0.3, 0.4) is 0 Å². The largest absolute Gasteiger partial charge is 0.481 e. The minimum Gasteiger partial charge on any atom is -0.481 e. The molecule has 1 aromatic heterocycles. The summed E-state index contributed by atoms with van der Waals surface area (Å²) in [5.41, 5.74) is 1.03. The summed E-state index contributed by atoms with van der Waals surface area (Å²) in [6.07, 6.45) is -0.761. The zero-order valence-corrected chi connectivity index (χ0v) is 13.4. The van der Waals surface area contributed by atoms with Crippen molar-refractivity contribution < 1.29 is 13.9 Å². The summed E-state index contributed by atoms with van der Waals surface area (Å²) >= 11 is 0. The maximum atomic E-state index is 12.2. The first-order valence-electron chi connectivity index (χ1n) is 7.57. The number of anilines is 1. The molecule has 0 aliphatic rings. The topological polar surface area (TPSA) is 92.3 Å². The predicted octanol–water partition coefficient (Wildman–Crippen LogP) is 3.07. The van der Waals surface area contributed by atoms with Gasteiger partial charge in [-0.05, 0) is 49.4 Å². The molecule has 0 aliphatic carbocycles. The van der Waals surface area contributed by atoms with Crippen molar-refractivity contribution in [3.8, 4) is 11.8 Å². The molecule has 6 heteroatoms. The van der Waals surface area contributed by atoms with E-state index < -0.39 is 11.7 Å². The van der Waals surface area contributed by atoms with Gasteiger partial charge in [0, 0.05) is 23.2 Å². The molecule has 3 rings (SSSR count). The zero-order chi connectivity index (χ0) is 17.8. The highest BCUT2D eigenvalue weighted by molar-refractivity contribution is 5.94. The van der Waals surface area contributed by atoms with E-state index in [0.717, 1.165) is 5.39 Å². The third-order valence-corrected chi connectivity index (χ3v) is 3.56. The van der Waals surface area contributed by atoms with Crippen molar-refractivity contribution in [3.05, 3.63) is 70.6 Å². The fourth-order valence-corrected chi connectivity index (χ4v) is 2.24. The molecular weight excluding hydrogens is 320 g/mol. The Balaban J connectivity index is 1.70. The van der Waals surface area contributed by atoms with Gasteiger partial charge in [-0.2, -0.15) is 5.26 Å². The number of hydrogen-bond acceptors (Lipinski definition) is 5. The lowest BCUT2D eigenvalue weighted by molar-refractivity contribution is -0.122. The van der Waals surface area contributed by atoms with Gasteiger partial charge in [0.1, 0.15) is 11.3 Å². The number of carbonyl (C=O) groups excluding carboxylic acids is 1. The molecule has 6 nitrogen and oxygen atoms in total. The average Bonchev–Trinajstić information content (AvgIpc) is 2.62. The molecule has 0 saturated heterocycles. The number of amides is 1. The number of nitrogens with zero attached hydrogens (tertiary/aromatic N) is 1. The van der Waals surface area contributed by atoms with Crippen molar-refractivity contribution in [2.24, 2.45) is 0 Å². The highest BCUT2D eigenvalue weighted by Crippen LogP contribution is 2.21. The summed E-state index contributed by atoms with van der Waals surface area (Å²) in [5, 5.41) is 12.2. The van der Waals surface area contributed by atoms with Crippen LogP contribution in [-0.2, 0) is 4.79 Å². The number of nitrogens with one attached hydrogen (secondary N) is 1. The zero-order valence-electron chi connectivity index (χ0n) is 13.4. The second-order valence-electron chi connectivity index (χ2n) is 5.39. The lowest BCUT2D eigenvalue weighted by atomic mass is 10.2. The average molecular weight is 334 g/mol. The molecule has 1 N–H and O–H groups in total. The van der Waals surface area contributed by atoms with E-state index in [1.165, 1.54) is 6.07 Å². The molecule has 2 aromatic carbocycles. The van der Waals surface area contributed by atoms with Gasteiger partial charge >= 0.3 is 5.63 Å². The Labute approximate surface area is 143 Å². The SMILES string of the molecule is C[C@H](Oc1ccc2ccc(=O)oc2c1)C(=O)Nc1ccc(C#N)cc1. The standard InChI is InChI=1S/C19H14N2O4/c1-12(19(23)21-15-6-2-13(11-20)3-7-15)24-16-8-4-14-5-9-18(22)25-17(14)10-16/h2-10,12H,1H3,(H,21,23)/t12-/m0/s1. The van der Waals surface area contributed by atoms with Crippen molar-refractivity contribution in [2.45, 2.75) is 13.0 Å². The quantitative estimate of drug-likeness (QED) is 0.740. The first-order chi connectivity index (χ1) is 12.0. The normalized spacial score (nSPS) is 11.5. The number of benzene rings is 2. The highest BCUT2D eigenvalue weighted by Gasteiger charge is 2.15. The third-order valence-electron chi connectivity index (χ3n) is 3.56. The molecule has 0 unspecified atom stereocenters. The Morgan fingerprint density at radius 3 is 2.60 bits per heavy atom. The van der Waals surface area contributed by atoms with Crippen LogP contribution in [0.2, 0.25) is 0 Å². The molecule has 0 radical (unpaired) electrons. The summed E-state index contributed by atoms with van der Waals surface area (Å²) < 4.78 is 10.7. The number of nitriles is 1. The van der Waals surface area contributed by atoms with Gasteiger partial charge in [0.2, 0.25) is 0 Å². The molecule has 0 bridgehead atoms. The Kier molecular flexibility index (Phi) is 4.48. The van der Waals surface area contributed by atoms with Gasteiger partial charge in [0.25, 0.3) is 5.91 Å². The predicted molar refractivity (Wildman–Crippen MR) is 92.4 cm³/mol. The van der Waals surface area contributed by atoms with E-state index >= 15 is 0 Å². The van der Waals surface area contributed by atoms with Crippen LogP contribution in [0.4, 0.5) is 5.69 Å². The summed E-state index contributed by atoms with van der Waals surface area (Å²) in [7, 11) is 0. The molecular formula is C19H14N2O4. The van der Waals surface area contributed by atoms with E-state index in [4.69, 9.17) is 14.4 Å². The lowest BCUT2D eigenvalue weighted by Crippen LogP contribution is -2.30. The van der Waals surface area contributed by atoms with E-state index in [1.807, 2.05) is 6.07 Å². The van der Waals surface area contributed by atoms with Crippen molar-refractivity contribution in [1.82, 2.24) is 0 Å². The molecule has 1 heterocycles. The smallest absolute Gasteiger partial charge is 0.336 e. The fourth-order valence-electron chi connectivity index (χ4n) is 2.24. The van der Waals surface area contributed by atoms with E-state index in [-0.39, 0.29) is 5.91 Å². The summed E-state index contributed by atoms with van der Waals surface area (Å²) in [5.74, 6) is 0.0867. The number of hydrogen-bond donors (Lipinski definition) is 1. The number of fused-ring (bicyclic) bond motifs is 1. The van der Waals surface area contributed by atoms with Crippen LogP contribution in [0.5, 0.6) is 5.75 Å². The lowest BCUT2D eigenvalue weighted by Gasteiger charge is -2.15. The summed E-state index contributed by atoms with van der Waals surface area (Å²) in [4.78, 5) is 23.5. The van der Waals surface area contributed by atoms with Crippen LogP contribution in [0.15, 0.2) is 63.8 Å². The van der Waals surface area contributed by atoms with Crippen LogP contribution in [0, 0.1) is 11.3 Å². The first-order valence-corrected chi connectivity index (χ1v) is 7.57. The monoisotopic (exact) mass is 334 g/mol. The second kappa shape index (κ2) is 6.89.